The third-order valence-corrected chi connectivity index (χ3v) is 2.96. The monoisotopic (exact) mass is 243 g/mol. The molecule has 0 aromatic rings. The van der Waals surface area contributed by atoms with Crippen LogP contribution in [0, 0.1) is 5.92 Å². The van der Waals surface area contributed by atoms with Crippen LogP contribution in [-0.2, 0) is 14.3 Å². The van der Waals surface area contributed by atoms with Crippen molar-refractivity contribution in [1.82, 2.24) is 5.32 Å². The molecule has 2 unspecified atom stereocenters. The van der Waals surface area contributed by atoms with E-state index in [1.165, 1.54) is 0 Å². The molecule has 2 N–H and O–H groups in total. The fourth-order valence-electron chi connectivity index (χ4n) is 2.03. The van der Waals surface area contributed by atoms with Crippen molar-refractivity contribution < 1.29 is 19.4 Å². The number of aliphatic hydroxyl groups excluding tert-OH is 1. The Labute approximate surface area is 102 Å². The smallest absolute Gasteiger partial charge is 0.306 e. The number of rotatable bonds is 6. The summed E-state index contributed by atoms with van der Waals surface area (Å²) < 4.78 is 4.73. The van der Waals surface area contributed by atoms with Gasteiger partial charge in [-0.25, -0.2) is 0 Å². The van der Waals surface area contributed by atoms with Crippen LogP contribution in [0.15, 0.2) is 0 Å². The van der Waals surface area contributed by atoms with Gasteiger partial charge in [-0.3, -0.25) is 9.59 Å². The third kappa shape index (κ3) is 5.68. The van der Waals surface area contributed by atoms with E-state index in [-0.39, 0.29) is 30.8 Å². The fourth-order valence-corrected chi connectivity index (χ4v) is 2.03. The first-order valence-corrected chi connectivity index (χ1v) is 6.22. The van der Waals surface area contributed by atoms with Crippen LogP contribution >= 0.6 is 0 Å². The first-order chi connectivity index (χ1) is 8.11. The van der Waals surface area contributed by atoms with E-state index in [0.717, 1.165) is 19.3 Å². The van der Waals surface area contributed by atoms with Crippen molar-refractivity contribution in [2.24, 2.45) is 5.92 Å². The molecule has 0 aromatic carbocycles. The molecule has 0 heterocycles. The molecule has 1 rings (SSSR count). The lowest BCUT2D eigenvalue weighted by molar-refractivity contribution is -0.144. The Morgan fingerprint density at radius 3 is 2.71 bits per heavy atom. The van der Waals surface area contributed by atoms with Crippen LogP contribution < -0.4 is 5.32 Å². The summed E-state index contributed by atoms with van der Waals surface area (Å²) in [5, 5.41) is 12.1. The van der Waals surface area contributed by atoms with Crippen LogP contribution in [0.2, 0.25) is 0 Å². The molecule has 0 radical (unpaired) electrons. The van der Waals surface area contributed by atoms with Gasteiger partial charge in [0.2, 0.25) is 5.91 Å². The molecule has 0 spiro atoms. The van der Waals surface area contributed by atoms with Gasteiger partial charge in [0.1, 0.15) is 0 Å². The fraction of sp³-hybridized carbons (Fsp3) is 0.833. The number of carbonyl (C=O) groups excluding carboxylic acids is 2. The molecule has 98 valence electrons. The Bertz CT molecular complexity index is 267. The second-order valence-corrected chi connectivity index (χ2v) is 4.44. The van der Waals surface area contributed by atoms with E-state index in [1.807, 2.05) is 0 Å². The van der Waals surface area contributed by atoms with E-state index in [4.69, 9.17) is 4.74 Å². The number of ether oxygens (including phenoxy) is 1. The Kier molecular flexibility index (Phi) is 5.97. The minimum atomic E-state index is -0.334. The summed E-state index contributed by atoms with van der Waals surface area (Å²) in [5.74, 6) is -0.0880. The molecule has 5 nitrogen and oxygen atoms in total. The van der Waals surface area contributed by atoms with Crippen molar-refractivity contribution in [1.29, 1.82) is 0 Å². The molecule has 0 bridgehead atoms. The highest BCUT2D eigenvalue weighted by Gasteiger charge is 2.22. The van der Waals surface area contributed by atoms with Crippen LogP contribution in [0.3, 0.4) is 0 Å². The molecule has 1 aliphatic rings. The van der Waals surface area contributed by atoms with Crippen molar-refractivity contribution in [2.75, 3.05) is 13.2 Å². The second-order valence-electron chi connectivity index (χ2n) is 4.44. The van der Waals surface area contributed by atoms with Crippen molar-refractivity contribution in [2.45, 2.75) is 45.1 Å². The summed E-state index contributed by atoms with van der Waals surface area (Å²) >= 11 is 0. The van der Waals surface area contributed by atoms with E-state index < -0.39 is 0 Å². The van der Waals surface area contributed by atoms with Gasteiger partial charge in [-0.2, -0.15) is 0 Å². The molecule has 5 heteroatoms. The maximum absolute atomic E-state index is 11.4. The van der Waals surface area contributed by atoms with Crippen LogP contribution in [0.1, 0.15) is 39.0 Å². The number of carbonyl (C=O) groups is 2. The highest BCUT2D eigenvalue weighted by Crippen LogP contribution is 2.24. The Morgan fingerprint density at radius 1 is 1.35 bits per heavy atom. The highest BCUT2D eigenvalue weighted by molar-refractivity contribution is 5.81. The van der Waals surface area contributed by atoms with Gasteiger partial charge in [0.05, 0.1) is 19.1 Å². The number of hydrogen-bond donors (Lipinski definition) is 2. The van der Waals surface area contributed by atoms with Crippen LogP contribution in [-0.4, -0.2) is 36.2 Å². The Morgan fingerprint density at radius 2 is 2.12 bits per heavy atom. The quantitative estimate of drug-likeness (QED) is 0.670. The lowest BCUT2D eigenvalue weighted by atomic mass is 10.1. The summed E-state index contributed by atoms with van der Waals surface area (Å²) in [5.41, 5.74) is 0. The zero-order chi connectivity index (χ0) is 12.7. The molecule has 0 aliphatic heterocycles. The molecule has 0 aromatic heterocycles. The summed E-state index contributed by atoms with van der Waals surface area (Å²) in [4.78, 5) is 22.4. The Hall–Kier alpha value is -1.10. The van der Waals surface area contributed by atoms with Crippen molar-refractivity contribution in [3.63, 3.8) is 0 Å². The Balaban J connectivity index is 2.07. The average molecular weight is 243 g/mol. The zero-order valence-corrected chi connectivity index (χ0v) is 10.3. The van der Waals surface area contributed by atoms with E-state index in [2.05, 4.69) is 5.32 Å². The number of aliphatic hydroxyl groups is 1. The van der Waals surface area contributed by atoms with Gasteiger partial charge in [0.15, 0.2) is 0 Å². The largest absolute Gasteiger partial charge is 0.466 e. The molecule has 0 saturated heterocycles. The molecular formula is C12H21NO4. The topological polar surface area (TPSA) is 75.6 Å². The second kappa shape index (κ2) is 7.27. The predicted octanol–water partition coefficient (Wildman–Crippen LogP) is 0.607. The summed E-state index contributed by atoms with van der Waals surface area (Å²) in [6.07, 6.45) is 2.64. The summed E-state index contributed by atoms with van der Waals surface area (Å²) in [6.45, 7) is 2.68. The lowest BCUT2D eigenvalue weighted by Crippen LogP contribution is -2.29. The predicted molar refractivity (Wildman–Crippen MR) is 62.2 cm³/mol. The molecule has 1 amide bonds. The maximum atomic E-state index is 11.4. The normalized spacial score (nSPS) is 23.4. The minimum absolute atomic E-state index is 0.126. The maximum Gasteiger partial charge on any atom is 0.306 e. The van der Waals surface area contributed by atoms with Crippen LogP contribution in [0.25, 0.3) is 0 Å². The number of nitrogens with one attached hydrogen (secondary N) is 1. The first kappa shape index (κ1) is 14.0. The average Bonchev–Trinajstić information content (AvgIpc) is 2.70. The van der Waals surface area contributed by atoms with Gasteiger partial charge < -0.3 is 15.2 Å². The van der Waals surface area contributed by atoms with Crippen LogP contribution in [0.5, 0.6) is 0 Å². The minimum Gasteiger partial charge on any atom is -0.466 e. The molecular weight excluding hydrogens is 222 g/mol. The van der Waals surface area contributed by atoms with Crippen molar-refractivity contribution >= 4 is 11.9 Å². The molecule has 2 atom stereocenters. The standard InChI is InChI=1S/C12H21NO4/c1-2-17-12(16)6-5-11(15)13-8-9-3-4-10(14)7-9/h9-10,14H,2-8H2,1H3,(H,13,15). The molecule has 17 heavy (non-hydrogen) atoms. The van der Waals surface area contributed by atoms with E-state index in [0.29, 0.717) is 19.1 Å². The van der Waals surface area contributed by atoms with Gasteiger partial charge in [0, 0.05) is 13.0 Å². The van der Waals surface area contributed by atoms with Gasteiger partial charge in [-0.05, 0) is 32.1 Å². The van der Waals surface area contributed by atoms with Crippen LogP contribution in [0.4, 0.5) is 0 Å². The molecule has 1 aliphatic carbocycles. The van der Waals surface area contributed by atoms with E-state index in [1.54, 1.807) is 6.92 Å². The summed E-state index contributed by atoms with van der Waals surface area (Å²) in [6, 6.07) is 0. The third-order valence-electron chi connectivity index (χ3n) is 2.96. The van der Waals surface area contributed by atoms with Gasteiger partial charge in [-0.15, -0.1) is 0 Å². The molecule has 1 saturated carbocycles. The van der Waals surface area contributed by atoms with Gasteiger partial charge in [-0.1, -0.05) is 0 Å². The summed E-state index contributed by atoms with van der Waals surface area (Å²) in [7, 11) is 0. The highest BCUT2D eigenvalue weighted by atomic mass is 16.5. The molecule has 1 fully saturated rings. The van der Waals surface area contributed by atoms with E-state index in [9.17, 15) is 14.7 Å². The SMILES string of the molecule is CCOC(=O)CCC(=O)NCC1CCC(O)C1. The van der Waals surface area contributed by atoms with Crippen molar-refractivity contribution in [3.8, 4) is 0 Å². The number of hydrogen-bond acceptors (Lipinski definition) is 4. The number of amides is 1. The van der Waals surface area contributed by atoms with Gasteiger partial charge >= 0.3 is 5.97 Å². The lowest BCUT2D eigenvalue weighted by Gasteiger charge is -2.10. The first-order valence-electron chi connectivity index (χ1n) is 6.22. The van der Waals surface area contributed by atoms with Crippen molar-refractivity contribution in [3.05, 3.63) is 0 Å². The van der Waals surface area contributed by atoms with E-state index >= 15 is 0 Å². The number of esters is 1. The zero-order valence-electron chi connectivity index (χ0n) is 10.3. The van der Waals surface area contributed by atoms with Gasteiger partial charge in [0.25, 0.3) is 0 Å².